The number of ether oxygens (including phenoxy) is 2. The van der Waals surface area contributed by atoms with Gasteiger partial charge >= 0.3 is 0 Å². The molecule has 2 aliphatic heterocycles. The van der Waals surface area contributed by atoms with Gasteiger partial charge in [0, 0.05) is 44.6 Å². The van der Waals surface area contributed by atoms with Gasteiger partial charge in [0.25, 0.3) is 5.91 Å². The van der Waals surface area contributed by atoms with Gasteiger partial charge in [-0.2, -0.15) is 0 Å². The molecule has 2 aliphatic rings. The maximum atomic E-state index is 13.8. The molecule has 7 heteroatoms. The summed E-state index contributed by atoms with van der Waals surface area (Å²) in [6.07, 6.45) is 4.28. The molecule has 1 atom stereocenters. The molecule has 0 aliphatic carbocycles. The summed E-state index contributed by atoms with van der Waals surface area (Å²) < 4.78 is 25.1. The molecule has 2 saturated heterocycles. The number of amides is 2. The van der Waals surface area contributed by atoms with Crippen molar-refractivity contribution in [3.63, 3.8) is 0 Å². The molecule has 2 heterocycles. The second-order valence-corrected chi connectivity index (χ2v) is 8.76. The molecule has 2 aromatic rings. The maximum absolute atomic E-state index is 13.8. The van der Waals surface area contributed by atoms with Gasteiger partial charge in [-0.05, 0) is 55.0 Å². The van der Waals surface area contributed by atoms with E-state index < -0.39 is 5.60 Å². The SMILES string of the molecule is COc1ccc(F)cc1-c1ccc(C[C@@]2(C(=O)NCCCN3CCCC3=O)CCCO2)cc1. The normalized spacial score (nSPS) is 20.3. The van der Waals surface area contributed by atoms with Crippen molar-refractivity contribution in [1.29, 1.82) is 0 Å². The highest BCUT2D eigenvalue weighted by atomic mass is 19.1. The summed E-state index contributed by atoms with van der Waals surface area (Å²) in [6, 6.07) is 12.2. The van der Waals surface area contributed by atoms with Gasteiger partial charge in [0.15, 0.2) is 5.60 Å². The third kappa shape index (κ3) is 5.36. The van der Waals surface area contributed by atoms with Crippen LogP contribution in [-0.2, 0) is 20.7 Å². The van der Waals surface area contributed by atoms with Crippen LogP contribution in [0, 0.1) is 5.82 Å². The lowest BCUT2D eigenvalue weighted by Crippen LogP contribution is -2.48. The summed E-state index contributed by atoms with van der Waals surface area (Å²) in [5.74, 6) is 0.397. The number of hydrogen-bond donors (Lipinski definition) is 1. The van der Waals surface area contributed by atoms with Crippen molar-refractivity contribution in [3.8, 4) is 16.9 Å². The Kier molecular flexibility index (Phi) is 7.28. The fraction of sp³-hybridized carbons (Fsp3) is 0.462. The molecule has 1 N–H and O–H groups in total. The number of likely N-dealkylation sites (tertiary alicyclic amines) is 1. The molecule has 2 amide bonds. The fourth-order valence-corrected chi connectivity index (χ4v) is 4.71. The van der Waals surface area contributed by atoms with Crippen LogP contribution in [0.1, 0.15) is 37.7 Å². The molecule has 0 unspecified atom stereocenters. The highest BCUT2D eigenvalue weighted by Crippen LogP contribution is 2.33. The van der Waals surface area contributed by atoms with Crippen molar-refractivity contribution in [3.05, 3.63) is 53.8 Å². The Morgan fingerprint density at radius 2 is 2.03 bits per heavy atom. The van der Waals surface area contributed by atoms with Crippen LogP contribution < -0.4 is 10.1 Å². The molecule has 2 aromatic carbocycles. The highest BCUT2D eigenvalue weighted by Gasteiger charge is 2.42. The quantitative estimate of drug-likeness (QED) is 0.587. The van der Waals surface area contributed by atoms with Crippen molar-refractivity contribution in [1.82, 2.24) is 10.2 Å². The Morgan fingerprint density at radius 3 is 2.70 bits per heavy atom. The van der Waals surface area contributed by atoms with Crippen LogP contribution in [0.5, 0.6) is 5.75 Å². The van der Waals surface area contributed by atoms with E-state index in [1.807, 2.05) is 29.2 Å². The Hall–Kier alpha value is -2.93. The first-order valence-electron chi connectivity index (χ1n) is 11.6. The molecule has 0 saturated carbocycles. The van der Waals surface area contributed by atoms with E-state index in [0.29, 0.717) is 50.3 Å². The summed E-state index contributed by atoms with van der Waals surface area (Å²) >= 11 is 0. The molecule has 33 heavy (non-hydrogen) atoms. The molecule has 2 fully saturated rings. The summed E-state index contributed by atoms with van der Waals surface area (Å²) in [5, 5.41) is 3.02. The minimum Gasteiger partial charge on any atom is -0.496 e. The summed E-state index contributed by atoms with van der Waals surface area (Å²) in [5.41, 5.74) is 1.64. The Labute approximate surface area is 194 Å². The predicted octanol–water partition coefficient (Wildman–Crippen LogP) is 3.72. The van der Waals surface area contributed by atoms with Gasteiger partial charge in [-0.3, -0.25) is 9.59 Å². The second kappa shape index (κ2) is 10.3. The number of nitrogens with one attached hydrogen (secondary N) is 1. The minimum atomic E-state index is -0.873. The number of carbonyl (C=O) groups excluding carboxylic acids is 2. The summed E-state index contributed by atoms with van der Waals surface area (Å²) in [4.78, 5) is 26.7. The Balaban J connectivity index is 1.38. The van der Waals surface area contributed by atoms with Gasteiger partial charge in [-0.1, -0.05) is 24.3 Å². The van der Waals surface area contributed by atoms with Crippen molar-refractivity contribution < 1.29 is 23.5 Å². The van der Waals surface area contributed by atoms with E-state index in [9.17, 15) is 14.0 Å². The van der Waals surface area contributed by atoms with E-state index in [4.69, 9.17) is 9.47 Å². The predicted molar refractivity (Wildman–Crippen MR) is 123 cm³/mol. The zero-order valence-electron chi connectivity index (χ0n) is 19.1. The van der Waals surface area contributed by atoms with Crippen LogP contribution in [0.2, 0.25) is 0 Å². The van der Waals surface area contributed by atoms with Gasteiger partial charge in [0.05, 0.1) is 7.11 Å². The van der Waals surface area contributed by atoms with Crippen LogP contribution in [-0.4, -0.2) is 55.7 Å². The van der Waals surface area contributed by atoms with Crippen LogP contribution in [0.3, 0.4) is 0 Å². The van der Waals surface area contributed by atoms with Gasteiger partial charge in [-0.25, -0.2) is 4.39 Å². The fourth-order valence-electron chi connectivity index (χ4n) is 4.71. The minimum absolute atomic E-state index is 0.0939. The number of rotatable bonds is 9. The molecule has 176 valence electrons. The molecule has 0 spiro atoms. The molecular formula is C26H31FN2O4. The van der Waals surface area contributed by atoms with Crippen molar-refractivity contribution in [2.75, 3.05) is 33.4 Å². The lowest BCUT2D eigenvalue weighted by Gasteiger charge is -2.27. The number of nitrogens with zero attached hydrogens (tertiary/aromatic N) is 1. The van der Waals surface area contributed by atoms with Crippen molar-refractivity contribution in [2.45, 2.75) is 44.1 Å². The van der Waals surface area contributed by atoms with Crippen LogP contribution in [0.4, 0.5) is 4.39 Å². The average Bonchev–Trinajstić information content (AvgIpc) is 3.47. The van der Waals surface area contributed by atoms with Crippen molar-refractivity contribution in [2.24, 2.45) is 0 Å². The first-order valence-corrected chi connectivity index (χ1v) is 11.6. The topological polar surface area (TPSA) is 67.9 Å². The molecule has 4 rings (SSSR count). The molecule has 0 aromatic heterocycles. The molecule has 0 bridgehead atoms. The van der Waals surface area contributed by atoms with E-state index in [1.165, 1.54) is 12.1 Å². The third-order valence-corrected chi connectivity index (χ3v) is 6.50. The lowest BCUT2D eigenvalue weighted by molar-refractivity contribution is -0.141. The van der Waals surface area contributed by atoms with Gasteiger partial charge in [0.2, 0.25) is 5.91 Å². The van der Waals surface area contributed by atoms with Gasteiger partial charge in [0.1, 0.15) is 11.6 Å². The summed E-state index contributed by atoms with van der Waals surface area (Å²) in [6.45, 7) is 2.58. The Bertz CT molecular complexity index is 986. The van der Waals surface area contributed by atoms with Crippen LogP contribution in [0.25, 0.3) is 11.1 Å². The van der Waals surface area contributed by atoms with Crippen LogP contribution in [0.15, 0.2) is 42.5 Å². The van der Waals surface area contributed by atoms with Crippen molar-refractivity contribution >= 4 is 11.8 Å². The van der Waals surface area contributed by atoms with Gasteiger partial charge in [-0.15, -0.1) is 0 Å². The average molecular weight is 455 g/mol. The highest BCUT2D eigenvalue weighted by molar-refractivity contribution is 5.86. The molecular weight excluding hydrogens is 423 g/mol. The monoisotopic (exact) mass is 454 g/mol. The zero-order chi connectivity index (χ0) is 23.3. The number of benzene rings is 2. The third-order valence-electron chi connectivity index (χ3n) is 6.50. The molecule has 0 radical (unpaired) electrons. The first-order chi connectivity index (χ1) is 16.0. The number of carbonyl (C=O) groups is 2. The largest absolute Gasteiger partial charge is 0.496 e. The second-order valence-electron chi connectivity index (χ2n) is 8.76. The Morgan fingerprint density at radius 1 is 1.21 bits per heavy atom. The van der Waals surface area contributed by atoms with E-state index in [2.05, 4.69) is 5.32 Å². The van der Waals surface area contributed by atoms with E-state index in [0.717, 1.165) is 36.9 Å². The van der Waals surface area contributed by atoms with Gasteiger partial charge < -0.3 is 19.7 Å². The number of hydrogen-bond acceptors (Lipinski definition) is 4. The molecule has 6 nitrogen and oxygen atoms in total. The first kappa shape index (κ1) is 23.2. The lowest BCUT2D eigenvalue weighted by atomic mass is 9.89. The number of methoxy groups -OCH3 is 1. The summed E-state index contributed by atoms with van der Waals surface area (Å²) in [7, 11) is 1.56. The standard InChI is InChI=1S/C26H31FN2O4/c1-32-23-11-10-21(27)17-22(23)20-8-6-19(7-9-20)18-26(12-3-16-33-26)25(31)28-13-4-15-29-14-2-5-24(29)30/h6-11,17H,2-5,12-16,18H2,1H3,(H,28,31)/t26-/m1/s1. The number of halogens is 1. The van der Waals surface area contributed by atoms with E-state index >= 15 is 0 Å². The smallest absolute Gasteiger partial charge is 0.252 e. The maximum Gasteiger partial charge on any atom is 0.252 e. The zero-order valence-corrected chi connectivity index (χ0v) is 19.1. The van der Waals surface area contributed by atoms with E-state index in [-0.39, 0.29) is 17.6 Å². The van der Waals surface area contributed by atoms with Crippen LogP contribution >= 0.6 is 0 Å². The van der Waals surface area contributed by atoms with E-state index in [1.54, 1.807) is 13.2 Å².